The summed E-state index contributed by atoms with van der Waals surface area (Å²) in [6.45, 7) is 0. The molecular formula is C15H19NO. The third-order valence-corrected chi connectivity index (χ3v) is 5.43. The first kappa shape index (κ1) is 10.1. The number of aliphatic hydroxyl groups excluding tert-OH is 1. The lowest BCUT2D eigenvalue weighted by molar-refractivity contribution is 0.128. The second-order valence-electron chi connectivity index (χ2n) is 6.19. The monoisotopic (exact) mass is 229 g/mol. The minimum atomic E-state index is -0.115. The van der Waals surface area contributed by atoms with Crippen LogP contribution in [0.2, 0.25) is 0 Å². The van der Waals surface area contributed by atoms with Crippen LogP contribution in [0.5, 0.6) is 0 Å². The third-order valence-electron chi connectivity index (χ3n) is 5.43. The van der Waals surface area contributed by atoms with Crippen LogP contribution in [0, 0.1) is 29.6 Å². The van der Waals surface area contributed by atoms with Gasteiger partial charge in [0.1, 0.15) is 0 Å². The molecule has 0 aliphatic heterocycles. The van der Waals surface area contributed by atoms with Crippen LogP contribution >= 0.6 is 0 Å². The van der Waals surface area contributed by atoms with Gasteiger partial charge in [-0.3, -0.25) is 4.98 Å². The highest BCUT2D eigenvalue weighted by molar-refractivity contribution is 5.18. The Bertz CT molecular complexity index is 402. The summed E-state index contributed by atoms with van der Waals surface area (Å²) < 4.78 is 0. The minimum absolute atomic E-state index is 0.115. The van der Waals surface area contributed by atoms with Gasteiger partial charge < -0.3 is 5.11 Å². The number of rotatable bonds is 3. The maximum Gasteiger partial charge on any atom is 0.0614 e. The molecule has 0 saturated heterocycles. The van der Waals surface area contributed by atoms with Crippen molar-refractivity contribution >= 4 is 0 Å². The van der Waals surface area contributed by atoms with Gasteiger partial charge in [0.2, 0.25) is 0 Å². The quantitative estimate of drug-likeness (QED) is 0.862. The number of aromatic nitrogens is 1. The van der Waals surface area contributed by atoms with Crippen molar-refractivity contribution in [3.63, 3.8) is 0 Å². The molecule has 2 heteroatoms. The van der Waals surface area contributed by atoms with Gasteiger partial charge in [-0.25, -0.2) is 0 Å². The standard InChI is InChI=1S/C15H19NO/c17-12(7-9-3-5-16-6-4-9)15-13-10-1-2-11(8-10)14(13)15/h3-6,10-15,17H,1-2,7-8H2. The van der Waals surface area contributed by atoms with Crippen LogP contribution in [-0.4, -0.2) is 16.2 Å². The Morgan fingerprint density at radius 2 is 1.82 bits per heavy atom. The van der Waals surface area contributed by atoms with E-state index < -0.39 is 0 Å². The van der Waals surface area contributed by atoms with Crippen LogP contribution < -0.4 is 0 Å². The molecule has 4 rings (SSSR count). The van der Waals surface area contributed by atoms with Gasteiger partial charge in [-0.15, -0.1) is 0 Å². The molecule has 2 nitrogen and oxygen atoms in total. The summed E-state index contributed by atoms with van der Waals surface area (Å²) in [5, 5.41) is 10.4. The molecule has 0 amide bonds. The lowest BCUT2D eigenvalue weighted by atomic mass is 9.95. The van der Waals surface area contributed by atoms with Gasteiger partial charge in [0.05, 0.1) is 6.10 Å². The molecule has 3 aliphatic rings. The summed E-state index contributed by atoms with van der Waals surface area (Å²) in [7, 11) is 0. The van der Waals surface area contributed by atoms with E-state index in [1.165, 1.54) is 24.8 Å². The van der Waals surface area contributed by atoms with E-state index in [4.69, 9.17) is 0 Å². The number of pyridine rings is 1. The molecule has 3 saturated carbocycles. The second-order valence-corrected chi connectivity index (χ2v) is 6.19. The second kappa shape index (κ2) is 3.55. The first-order valence-corrected chi connectivity index (χ1v) is 6.91. The van der Waals surface area contributed by atoms with Gasteiger partial charge in [0.15, 0.2) is 0 Å². The van der Waals surface area contributed by atoms with Crippen molar-refractivity contribution in [3.05, 3.63) is 30.1 Å². The third kappa shape index (κ3) is 1.46. The molecule has 0 radical (unpaired) electrons. The zero-order valence-electron chi connectivity index (χ0n) is 10.00. The van der Waals surface area contributed by atoms with E-state index in [1.807, 2.05) is 24.5 Å². The fraction of sp³-hybridized carbons (Fsp3) is 0.667. The molecule has 5 unspecified atom stereocenters. The molecule has 90 valence electrons. The highest BCUT2D eigenvalue weighted by atomic mass is 16.3. The summed E-state index contributed by atoms with van der Waals surface area (Å²) in [5.74, 6) is 4.30. The lowest BCUT2D eigenvalue weighted by Crippen LogP contribution is -2.18. The first-order valence-electron chi connectivity index (χ1n) is 6.91. The zero-order valence-corrected chi connectivity index (χ0v) is 10.00. The SMILES string of the molecule is OC(Cc1ccncc1)C1C2C3CCC(C3)C12. The molecule has 3 fully saturated rings. The fourth-order valence-electron chi connectivity index (χ4n) is 4.80. The van der Waals surface area contributed by atoms with Crippen molar-refractivity contribution in [1.29, 1.82) is 0 Å². The summed E-state index contributed by atoms with van der Waals surface area (Å²) in [4.78, 5) is 4.02. The highest BCUT2D eigenvalue weighted by Crippen LogP contribution is 2.70. The minimum Gasteiger partial charge on any atom is -0.392 e. The Morgan fingerprint density at radius 1 is 1.18 bits per heavy atom. The van der Waals surface area contributed by atoms with Crippen molar-refractivity contribution in [3.8, 4) is 0 Å². The Morgan fingerprint density at radius 3 is 2.47 bits per heavy atom. The van der Waals surface area contributed by atoms with E-state index >= 15 is 0 Å². The van der Waals surface area contributed by atoms with Crippen LogP contribution in [0.25, 0.3) is 0 Å². The average molecular weight is 229 g/mol. The molecule has 0 spiro atoms. The normalized spacial score (nSPS) is 43.5. The van der Waals surface area contributed by atoms with Crippen LogP contribution in [0.4, 0.5) is 0 Å². The van der Waals surface area contributed by atoms with E-state index in [2.05, 4.69) is 4.98 Å². The predicted octanol–water partition coefficient (Wildman–Crippen LogP) is 2.28. The molecule has 5 atom stereocenters. The number of hydrogen-bond donors (Lipinski definition) is 1. The van der Waals surface area contributed by atoms with Crippen LogP contribution in [0.3, 0.4) is 0 Å². The maximum absolute atomic E-state index is 10.4. The number of hydrogen-bond acceptors (Lipinski definition) is 2. The Labute approximate surface area is 102 Å². The summed E-state index contributed by atoms with van der Waals surface area (Å²) in [6.07, 6.45) is 8.68. The average Bonchev–Trinajstić information content (AvgIpc) is 2.80. The van der Waals surface area contributed by atoms with Crippen molar-refractivity contribution in [2.75, 3.05) is 0 Å². The van der Waals surface area contributed by atoms with E-state index in [-0.39, 0.29) is 6.10 Å². The molecule has 1 N–H and O–H groups in total. The van der Waals surface area contributed by atoms with Crippen LogP contribution in [-0.2, 0) is 6.42 Å². The van der Waals surface area contributed by atoms with Gasteiger partial charge in [-0.1, -0.05) is 0 Å². The topological polar surface area (TPSA) is 33.1 Å². The smallest absolute Gasteiger partial charge is 0.0614 e. The summed E-state index contributed by atoms with van der Waals surface area (Å²) in [6, 6.07) is 4.05. The van der Waals surface area contributed by atoms with Crippen molar-refractivity contribution in [1.82, 2.24) is 4.98 Å². The maximum atomic E-state index is 10.4. The Kier molecular flexibility index (Phi) is 2.10. The molecule has 1 aromatic heterocycles. The van der Waals surface area contributed by atoms with E-state index in [0.717, 1.165) is 30.1 Å². The fourth-order valence-corrected chi connectivity index (χ4v) is 4.80. The summed E-state index contributed by atoms with van der Waals surface area (Å²) in [5.41, 5.74) is 1.23. The molecule has 3 aliphatic carbocycles. The number of fused-ring (bicyclic) bond motifs is 5. The van der Waals surface area contributed by atoms with Crippen molar-refractivity contribution in [2.24, 2.45) is 29.6 Å². The molecule has 2 bridgehead atoms. The van der Waals surface area contributed by atoms with Gasteiger partial charge >= 0.3 is 0 Å². The van der Waals surface area contributed by atoms with Crippen molar-refractivity contribution in [2.45, 2.75) is 31.8 Å². The van der Waals surface area contributed by atoms with Crippen LogP contribution in [0.15, 0.2) is 24.5 Å². The number of nitrogens with zero attached hydrogens (tertiary/aromatic N) is 1. The number of aliphatic hydroxyl groups is 1. The van der Waals surface area contributed by atoms with Gasteiger partial charge in [0.25, 0.3) is 0 Å². The van der Waals surface area contributed by atoms with Crippen molar-refractivity contribution < 1.29 is 5.11 Å². The zero-order chi connectivity index (χ0) is 11.4. The largest absolute Gasteiger partial charge is 0.392 e. The van der Waals surface area contributed by atoms with Gasteiger partial charge in [-0.05, 0) is 73.0 Å². The molecule has 1 aromatic rings. The molecular weight excluding hydrogens is 210 g/mol. The summed E-state index contributed by atoms with van der Waals surface area (Å²) >= 11 is 0. The first-order chi connectivity index (χ1) is 8.34. The highest BCUT2D eigenvalue weighted by Gasteiger charge is 2.66. The Hall–Kier alpha value is -0.890. The van der Waals surface area contributed by atoms with Crippen LogP contribution in [0.1, 0.15) is 24.8 Å². The van der Waals surface area contributed by atoms with Gasteiger partial charge in [0, 0.05) is 12.4 Å². The van der Waals surface area contributed by atoms with E-state index in [1.54, 1.807) is 0 Å². The lowest BCUT2D eigenvalue weighted by Gasteiger charge is -2.15. The molecule has 0 aromatic carbocycles. The van der Waals surface area contributed by atoms with E-state index in [0.29, 0.717) is 5.92 Å². The van der Waals surface area contributed by atoms with E-state index in [9.17, 15) is 5.11 Å². The molecule has 17 heavy (non-hydrogen) atoms. The van der Waals surface area contributed by atoms with Gasteiger partial charge in [-0.2, -0.15) is 0 Å². The molecule has 1 heterocycles. The predicted molar refractivity (Wildman–Crippen MR) is 65.2 cm³/mol. The Balaban J connectivity index is 1.44.